The van der Waals surface area contributed by atoms with Crippen LogP contribution in [0, 0.1) is 23.7 Å². The molecule has 1 aromatic carbocycles. The fraction of sp³-hybridized carbons (Fsp3) is 0.593. The van der Waals surface area contributed by atoms with Crippen LogP contribution >= 0.6 is 0 Å². The Morgan fingerprint density at radius 2 is 1.77 bits per heavy atom. The van der Waals surface area contributed by atoms with Crippen molar-refractivity contribution in [3.8, 4) is 0 Å². The van der Waals surface area contributed by atoms with E-state index in [4.69, 9.17) is 4.74 Å². The number of carbonyl (C=O) groups is 3. The molecule has 2 N–H and O–H groups in total. The number of likely N-dealkylation sites (tertiary alicyclic amines) is 1. The Kier molecular flexibility index (Phi) is 9.32. The number of ether oxygens (including phenoxy) is 1. The number of carbonyl (C=O) groups excluding carboxylic acids is 3. The van der Waals surface area contributed by atoms with Crippen LogP contribution in [0.15, 0.2) is 36.4 Å². The summed E-state index contributed by atoms with van der Waals surface area (Å²) in [6.45, 7) is 9.75. The molecule has 5 atom stereocenters. The molecular weight excluding hydrogens is 446 g/mol. The summed E-state index contributed by atoms with van der Waals surface area (Å²) in [5.74, 6) is -2.88. The highest BCUT2D eigenvalue weighted by Gasteiger charge is 2.57. The van der Waals surface area contributed by atoms with Crippen LogP contribution < -0.4 is 10.2 Å². The zero-order valence-corrected chi connectivity index (χ0v) is 21.3. The maximum atomic E-state index is 13.5. The predicted octanol–water partition coefficient (Wildman–Crippen LogP) is 3.07. The summed E-state index contributed by atoms with van der Waals surface area (Å²) in [5.41, 5.74) is 1.71. The molecule has 0 saturated carbocycles. The SMILES string of the molecule is CCC[C@@H]1C=C[C@H]2[C@H](C(=O)N(CCO)[C@@H]2C(=O)Nc2ccc(N(CC)CC)cc2)[C@@H]1C(=O)OCC. The molecule has 8 heteroatoms. The lowest BCUT2D eigenvalue weighted by molar-refractivity contribution is -0.155. The maximum Gasteiger partial charge on any atom is 0.310 e. The van der Waals surface area contributed by atoms with E-state index in [0.717, 1.165) is 31.6 Å². The van der Waals surface area contributed by atoms with E-state index < -0.39 is 29.8 Å². The molecule has 0 unspecified atom stereocenters. The highest BCUT2D eigenvalue weighted by molar-refractivity contribution is 6.01. The van der Waals surface area contributed by atoms with E-state index in [-0.39, 0.29) is 37.5 Å². The van der Waals surface area contributed by atoms with E-state index in [1.54, 1.807) is 6.92 Å². The second-order valence-corrected chi connectivity index (χ2v) is 9.13. The highest BCUT2D eigenvalue weighted by Crippen LogP contribution is 2.45. The third-order valence-corrected chi connectivity index (χ3v) is 7.17. The standard InChI is InChI=1S/C27H39N3O5/c1-5-9-18-10-15-21-23(22(18)27(34)35-8-4)26(33)30(16-17-31)24(21)25(32)28-19-11-13-20(14-12-19)29(6-2)7-3/h10-15,18,21-24,31H,5-9,16-17H2,1-4H3,(H,28,32)/t18-,21+,22-,23+,24+/m1/s1. The van der Waals surface area contributed by atoms with Gasteiger partial charge in [0.05, 0.1) is 25.0 Å². The summed E-state index contributed by atoms with van der Waals surface area (Å²) in [5, 5.41) is 12.6. The summed E-state index contributed by atoms with van der Waals surface area (Å²) in [4.78, 5) is 43.6. The van der Waals surface area contributed by atoms with Crippen molar-refractivity contribution in [2.24, 2.45) is 23.7 Å². The average Bonchev–Trinajstić information content (AvgIpc) is 3.13. The number of esters is 1. The van der Waals surface area contributed by atoms with Gasteiger partial charge in [-0.05, 0) is 57.4 Å². The van der Waals surface area contributed by atoms with Crippen LogP contribution in [-0.4, -0.2) is 66.7 Å². The molecule has 0 aromatic heterocycles. The maximum absolute atomic E-state index is 13.5. The van der Waals surface area contributed by atoms with Gasteiger partial charge >= 0.3 is 5.97 Å². The van der Waals surface area contributed by atoms with Gasteiger partial charge in [-0.2, -0.15) is 0 Å². The van der Waals surface area contributed by atoms with Crippen molar-refractivity contribution in [3.63, 3.8) is 0 Å². The Labute approximate surface area is 208 Å². The first-order chi connectivity index (χ1) is 16.9. The highest BCUT2D eigenvalue weighted by atomic mass is 16.5. The lowest BCUT2D eigenvalue weighted by atomic mass is 9.69. The number of rotatable bonds is 11. The minimum atomic E-state index is -0.808. The van der Waals surface area contributed by atoms with Gasteiger partial charge in [0, 0.05) is 36.9 Å². The monoisotopic (exact) mass is 485 g/mol. The first-order valence-electron chi connectivity index (χ1n) is 12.8. The fourth-order valence-corrected chi connectivity index (χ4v) is 5.58. The van der Waals surface area contributed by atoms with Crippen molar-refractivity contribution in [2.75, 3.05) is 43.1 Å². The van der Waals surface area contributed by atoms with Crippen LogP contribution in [0.5, 0.6) is 0 Å². The van der Waals surface area contributed by atoms with E-state index in [9.17, 15) is 19.5 Å². The van der Waals surface area contributed by atoms with Gasteiger partial charge < -0.3 is 25.0 Å². The molecule has 3 rings (SSSR count). The normalized spacial score (nSPS) is 25.3. The molecule has 0 bridgehead atoms. The van der Waals surface area contributed by atoms with Crippen molar-refractivity contribution in [1.29, 1.82) is 0 Å². The van der Waals surface area contributed by atoms with Crippen LogP contribution in [0.3, 0.4) is 0 Å². The number of nitrogens with one attached hydrogen (secondary N) is 1. The molecule has 1 aromatic rings. The van der Waals surface area contributed by atoms with Crippen molar-refractivity contribution in [1.82, 2.24) is 4.90 Å². The predicted molar refractivity (Wildman–Crippen MR) is 136 cm³/mol. The van der Waals surface area contributed by atoms with Crippen LogP contribution in [0.1, 0.15) is 40.5 Å². The number of aliphatic hydroxyl groups is 1. The lowest BCUT2D eigenvalue weighted by Gasteiger charge is -2.33. The van der Waals surface area contributed by atoms with Gasteiger partial charge in [0.15, 0.2) is 0 Å². The number of amides is 2. The third-order valence-electron chi connectivity index (χ3n) is 7.17. The number of hydrogen-bond donors (Lipinski definition) is 2. The Morgan fingerprint density at radius 3 is 2.34 bits per heavy atom. The van der Waals surface area contributed by atoms with E-state index in [0.29, 0.717) is 5.69 Å². The molecule has 192 valence electrons. The Hall–Kier alpha value is -2.87. The Balaban J connectivity index is 1.89. The summed E-state index contributed by atoms with van der Waals surface area (Å²) in [6, 6.07) is 6.82. The second kappa shape index (κ2) is 12.2. The number of anilines is 2. The number of β-amino-alcohol motifs (C(OH)–C–C–N with tert-alkyl or cyclic N) is 1. The van der Waals surface area contributed by atoms with E-state index in [1.165, 1.54) is 4.90 Å². The molecular formula is C27H39N3O5. The van der Waals surface area contributed by atoms with Crippen LogP contribution in [0.25, 0.3) is 0 Å². The van der Waals surface area contributed by atoms with Crippen LogP contribution in [0.2, 0.25) is 0 Å². The van der Waals surface area contributed by atoms with E-state index >= 15 is 0 Å². The van der Waals surface area contributed by atoms with Gasteiger partial charge in [0.1, 0.15) is 6.04 Å². The number of allylic oxidation sites excluding steroid dienone is 1. The van der Waals surface area contributed by atoms with Gasteiger partial charge in [-0.3, -0.25) is 14.4 Å². The Bertz CT molecular complexity index is 912. The van der Waals surface area contributed by atoms with Gasteiger partial charge in [0.25, 0.3) is 0 Å². The molecule has 35 heavy (non-hydrogen) atoms. The zero-order chi connectivity index (χ0) is 25.5. The first kappa shape index (κ1) is 26.7. The molecule has 1 fully saturated rings. The van der Waals surface area contributed by atoms with Crippen molar-refractivity contribution < 1.29 is 24.2 Å². The van der Waals surface area contributed by atoms with Gasteiger partial charge in [-0.1, -0.05) is 25.5 Å². The summed E-state index contributed by atoms with van der Waals surface area (Å²) in [6.07, 6.45) is 5.52. The number of nitrogens with zero attached hydrogens (tertiary/aromatic N) is 2. The van der Waals surface area contributed by atoms with Crippen molar-refractivity contribution in [3.05, 3.63) is 36.4 Å². The molecule has 1 aliphatic heterocycles. The minimum absolute atomic E-state index is 0.0344. The summed E-state index contributed by atoms with van der Waals surface area (Å²) >= 11 is 0. The molecule has 1 aliphatic carbocycles. The molecule has 2 aliphatic rings. The first-order valence-corrected chi connectivity index (χ1v) is 12.8. The van der Waals surface area contributed by atoms with Gasteiger partial charge in [0.2, 0.25) is 11.8 Å². The van der Waals surface area contributed by atoms with Gasteiger partial charge in [-0.25, -0.2) is 0 Å². The molecule has 0 spiro atoms. The number of fused-ring (bicyclic) bond motifs is 1. The lowest BCUT2D eigenvalue weighted by Crippen LogP contribution is -2.45. The summed E-state index contributed by atoms with van der Waals surface area (Å²) in [7, 11) is 0. The van der Waals surface area contributed by atoms with Crippen molar-refractivity contribution in [2.45, 2.75) is 46.6 Å². The third kappa shape index (κ3) is 5.53. The summed E-state index contributed by atoms with van der Waals surface area (Å²) < 4.78 is 5.35. The fourth-order valence-electron chi connectivity index (χ4n) is 5.58. The number of hydrogen-bond acceptors (Lipinski definition) is 6. The average molecular weight is 486 g/mol. The number of aliphatic hydroxyl groups excluding tert-OH is 1. The van der Waals surface area contributed by atoms with Gasteiger partial charge in [-0.15, -0.1) is 0 Å². The minimum Gasteiger partial charge on any atom is -0.466 e. The topological polar surface area (TPSA) is 99.2 Å². The largest absolute Gasteiger partial charge is 0.466 e. The van der Waals surface area contributed by atoms with E-state index in [2.05, 4.69) is 24.1 Å². The van der Waals surface area contributed by atoms with E-state index in [1.807, 2.05) is 43.3 Å². The molecule has 1 saturated heterocycles. The van der Waals surface area contributed by atoms with Crippen LogP contribution in [0.4, 0.5) is 11.4 Å². The zero-order valence-electron chi connectivity index (χ0n) is 21.3. The number of benzene rings is 1. The quantitative estimate of drug-likeness (QED) is 0.369. The second-order valence-electron chi connectivity index (χ2n) is 9.13. The van der Waals surface area contributed by atoms with Crippen LogP contribution in [-0.2, 0) is 19.1 Å². The molecule has 2 amide bonds. The molecule has 1 heterocycles. The smallest absolute Gasteiger partial charge is 0.310 e. The molecule has 0 radical (unpaired) electrons. The Morgan fingerprint density at radius 1 is 1.09 bits per heavy atom. The van der Waals surface area contributed by atoms with Crippen molar-refractivity contribution >= 4 is 29.2 Å². The molecule has 8 nitrogen and oxygen atoms in total.